The number of furan rings is 1. The van der Waals surface area contributed by atoms with Crippen LogP contribution in [0.2, 0.25) is 0 Å². The zero-order valence-corrected chi connectivity index (χ0v) is 19.9. The Bertz CT molecular complexity index is 998. The minimum atomic E-state index is -0.965. The number of carbonyl (C=O) groups is 2. The molecule has 1 atom stereocenters. The van der Waals surface area contributed by atoms with Gasteiger partial charge in [-0.2, -0.15) is 0 Å². The van der Waals surface area contributed by atoms with Crippen LogP contribution in [0.15, 0.2) is 53.2 Å². The fourth-order valence-corrected chi connectivity index (χ4v) is 4.99. The number of benzene rings is 1. The van der Waals surface area contributed by atoms with Gasteiger partial charge in [0.2, 0.25) is 0 Å². The molecule has 0 spiro atoms. The van der Waals surface area contributed by atoms with Gasteiger partial charge < -0.3 is 19.2 Å². The maximum Gasteiger partial charge on any atom is 0.325 e. The monoisotopic (exact) mass is 467 g/mol. The van der Waals surface area contributed by atoms with Gasteiger partial charge >= 0.3 is 6.03 Å². The largest absolute Gasteiger partial charge is 0.497 e. The molecule has 0 radical (unpaired) electrons. The van der Waals surface area contributed by atoms with Gasteiger partial charge in [0.15, 0.2) is 0 Å². The van der Waals surface area contributed by atoms with E-state index in [1.54, 1.807) is 20.5 Å². The normalized spacial score (nSPS) is 22.0. The molecule has 2 aromatic rings. The molecule has 2 aliphatic rings. The van der Waals surface area contributed by atoms with E-state index in [1.807, 2.05) is 42.5 Å². The summed E-state index contributed by atoms with van der Waals surface area (Å²) in [6, 6.07) is 11.2. The number of rotatable bonds is 10. The number of urea groups is 1. The Kier molecular flexibility index (Phi) is 7.70. The number of ether oxygens (including phenoxy) is 2. The Balaban J connectivity index is 1.49. The summed E-state index contributed by atoms with van der Waals surface area (Å²) in [4.78, 5) is 30.2. The second kappa shape index (κ2) is 10.9. The minimum absolute atomic E-state index is 0.0352. The molecule has 0 bridgehead atoms. The molecule has 3 amide bonds. The lowest BCUT2D eigenvalue weighted by atomic mass is 9.74. The maximum absolute atomic E-state index is 13.7. The first kappa shape index (κ1) is 24.0. The van der Waals surface area contributed by atoms with Crippen LogP contribution in [0.1, 0.15) is 24.2 Å². The smallest absolute Gasteiger partial charge is 0.325 e. The van der Waals surface area contributed by atoms with Gasteiger partial charge in [0.25, 0.3) is 5.91 Å². The van der Waals surface area contributed by atoms with Gasteiger partial charge in [-0.3, -0.25) is 14.6 Å². The number of nitrogens with zero attached hydrogens (tertiary/aromatic N) is 2. The summed E-state index contributed by atoms with van der Waals surface area (Å²) >= 11 is 0. The minimum Gasteiger partial charge on any atom is -0.497 e. The maximum atomic E-state index is 13.7. The predicted octanol–water partition coefficient (Wildman–Crippen LogP) is 3.19. The van der Waals surface area contributed by atoms with Crippen molar-refractivity contribution in [2.75, 3.05) is 47.0 Å². The fraction of sp³-hybridized carbons (Fsp3) is 0.462. The molecule has 0 aliphatic carbocycles. The van der Waals surface area contributed by atoms with Gasteiger partial charge in [-0.25, -0.2) is 4.79 Å². The molecule has 8 heteroatoms. The average Bonchev–Trinajstić information content (AvgIpc) is 3.45. The van der Waals surface area contributed by atoms with Crippen molar-refractivity contribution in [3.05, 3.63) is 60.1 Å². The van der Waals surface area contributed by atoms with Crippen LogP contribution in [0.5, 0.6) is 5.75 Å². The first-order valence-corrected chi connectivity index (χ1v) is 11.7. The number of methoxy groups -OCH3 is 2. The summed E-state index contributed by atoms with van der Waals surface area (Å²) in [7, 11) is 3.19. The van der Waals surface area contributed by atoms with Crippen molar-refractivity contribution in [2.24, 2.45) is 5.92 Å². The zero-order valence-electron chi connectivity index (χ0n) is 19.9. The predicted molar refractivity (Wildman–Crippen MR) is 128 cm³/mol. The van der Waals surface area contributed by atoms with Gasteiger partial charge in [-0.05, 0) is 67.8 Å². The summed E-state index contributed by atoms with van der Waals surface area (Å²) in [5.41, 5.74) is -0.00166. The molecule has 182 valence electrons. The van der Waals surface area contributed by atoms with Crippen molar-refractivity contribution in [3.8, 4) is 5.75 Å². The van der Waals surface area contributed by atoms with Crippen molar-refractivity contribution in [3.63, 3.8) is 0 Å². The molecule has 1 aromatic carbocycles. The Morgan fingerprint density at radius 2 is 2.00 bits per heavy atom. The highest BCUT2D eigenvalue weighted by Crippen LogP contribution is 2.37. The van der Waals surface area contributed by atoms with Crippen LogP contribution in [0.4, 0.5) is 4.79 Å². The van der Waals surface area contributed by atoms with E-state index < -0.39 is 5.54 Å². The molecule has 2 fully saturated rings. The van der Waals surface area contributed by atoms with E-state index in [0.717, 1.165) is 49.5 Å². The quantitative estimate of drug-likeness (QED) is 0.541. The van der Waals surface area contributed by atoms with Gasteiger partial charge in [0.05, 0.1) is 26.5 Å². The number of likely N-dealkylation sites (tertiary alicyclic amines) is 1. The lowest BCUT2D eigenvalue weighted by Gasteiger charge is -2.41. The highest BCUT2D eigenvalue weighted by molar-refractivity contribution is 6.07. The third-order valence-corrected chi connectivity index (χ3v) is 6.81. The van der Waals surface area contributed by atoms with Crippen LogP contribution in [0.25, 0.3) is 6.08 Å². The number of amides is 3. The van der Waals surface area contributed by atoms with Crippen LogP contribution in [0.3, 0.4) is 0 Å². The fourth-order valence-electron chi connectivity index (χ4n) is 4.99. The average molecular weight is 468 g/mol. The Morgan fingerprint density at radius 1 is 1.18 bits per heavy atom. The first-order valence-electron chi connectivity index (χ1n) is 11.7. The van der Waals surface area contributed by atoms with E-state index in [1.165, 1.54) is 4.90 Å². The number of piperidine rings is 1. The second-order valence-electron chi connectivity index (χ2n) is 8.87. The highest BCUT2D eigenvalue weighted by atomic mass is 16.5. The lowest BCUT2D eigenvalue weighted by Crippen LogP contribution is -2.57. The van der Waals surface area contributed by atoms with Crippen LogP contribution in [-0.2, 0) is 16.0 Å². The SMILES string of the molecule is COCCN1C(=O)NC(Cc2cccc(OC)c2)(C2CCN(CC=Cc3ccco3)CC2)C1=O. The first-order chi connectivity index (χ1) is 16.6. The van der Waals surface area contributed by atoms with Crippen LogP contribution in [-0.4, -0.2) is 74.3 Å². The summed E-state index contributed by atoms with van der Waals surface area (Å²) in [6.45, 7) is 3.09. The van der Waals surface area contributed by atoms with E-state index in [-0.39, 0.29) is 24.4 Å². The Morgan fingerprint density at radius 3 is 2.71 bits per heavy atom. The number of carbonyl (C=O) groups excluding carboxylic acids is 2. The van der Waals surface area contributed by atoms with Gasteiger partial charge in [-0.15, -0.1) is 0 Å². The molecular weight excluding hydrogens is 434 g/mol. The van der Waals surface area contributed by atoms with Crippen molar-refractivity contribution >= 4 is 18.0 Å². The second-order valence-corrected chi connectivity index (χ2v) is 8.87. The summed E-state index contributed by atoms with van der Waals surface area (Å²) in [5, 5.41) is 3.10. The van der Waals surface area contributed by atoms with Crippen LogP contribution >= 0.6 is 0 Å². The highest BCUT2D eigenvalue weighted by Gasteiger charge is 2.55. The Hall–Kier alpha value is -3.10. The summed E-state index contributed by atoms with van der Waals surface area (Å²) in [6.07, 6.45) is 7.81. The molecule has 3 heterocycles. The number of hydrogen-bond donors (Lipinski definition) is 1. The standard InChI is InChI=1S/C26H33N3O5/c1-32-17-15-29-24(30)26(27-25(29)31,19-20-6-3-7-23(18-20)33-2)21-10-13-28(14-11-21)12-4-8-22-9-5-16-34-22/h3-9,16,18,21H,10-15,17,19H2,1-2H3,(H,27,31). The number of nitrogens with one attached hydrogen (secondary N) is 1. The lowest BCUT2D eigenvalue weighted by molar-refractivity contribution is -0.134. The molecule has 2 saturated heterocycles. The van der Waals surface area contributed by atoms with E-state index in [2.05, 4.69) is 16.3 Å². The van der Waals surface area contributed by atoms with Crippen molar-refractivity contribution in [2.45, 2.75) is 24.8 Å². The van der Waals surface area contributed by atoms with Crippen molar-refractivity contribution in [1.29, 1.82) is 0 Å². The van der Waals surface area contributed by atoms with E-state index in [9.17, 15) is 9.59 Å². The number of hydrogen-bond acceptors (Lipinski definition) is 6. The molecule has 4 rings (SSSR count). The molecule has 8 nitrogen and oxygen atoms in total. The van der Waals surface area contributed by atoms with Gasteiger partial charge in [-0.1, -0.05) is 18.2 Å². The van der Waals surface area contributed by atoms with Crippen LogP contribution in [0, 0.1) is 5.92 Å². The van der Waals surface area contributed by atoms with Crippen molar-refractivity contribution in [1.82, 2.24) is 15.1 Å². The van der Waals surface area contributed by atoms with E-state index in [4.69, 9.17) is 13.9 Å². The molecule has 34 heavy (non-hydrogen) atoms. The van der Waals surface area contributed by atoms with Gasteiger partial charge in [0, 0.05) is 20.1 Å². The topological polar surface area (TPSA) is 84.2 Å². The van der Waals surface area contributed by atoms with Crippen LogP contribution < -0.4 is 10.1 Å². The molecule has 1 N–H and O–H groups in total. The zero-order chi connectivity index (χ0) is 24.0. The third-order valence-electron chi connectivity index (χ3n) is 6.81. The van der Waals surface area contributed by atoms with Crippen molar-refractivity contribution < 1.29 is 23.5 Å². The summed E-state index contributed by atoms with van der Waals surface area (Å²) < 4.78 is 15.9. The molecule has 2 aliphatic heterocycles. The number of imide groups is 1. The molecule has 0 saturated carbocycles. The third kappa shape index (κ3) is 5.18. The molecule has 1 aromatic heterocycles. The Labute approximate surface area is 200 Å². The molecular formula is C26H33N3O5. The van der Waals surface area contributed by atoms with Gasteiger partial charge in [0.1, 0.15) is 17.0 Å². The van der Waals surface area contributed by atoms with E-state index >= 15 is 0 Å². The molecule has 1 unspecified atom stereocenters. The summed E-state index contributed by atoms with van der Waals surface area (Å²) in [5.74, 6) is 1.45. The van der Waals surface area contributed by atoms with E-state index in [0.29, 0.717) is 13.0 Å².